The molecule has 0 fully saturated rings. The summed E-state index contributed by atoms with van der Waals surface area (Å²) in [6.07, 6.45) is 0. The molecule has 2 rings (SSSR count). The number of hydrogen-bond acceptors (Lipinski definition) is 3. The van der Waals surface area contributed by atoms with Crippen molar-refractivity contribution < 1.29 is 4.39 Å². The van der Waals surface area contributed by atoms with E-state index in [-0.39, 0.29) is 5.82 Å². The van der Waals surface area contributed by atoms with E-state index in [0.717, 1.165) is 0 Å². The summed E-state index contributed by atoms with van der Waals surface area (Å²) in [5, 5.41) is 12.1. The van der Waals surface area contributed by atoms with E-state index >= 15 is 0 Å². The van der Waals surface area contributed by atoms with Crippen LogP contribution in [0.25, 0.3) is 0 Å². The van der Waals surface area contributed by atoms with Crippen LogP contribution >= 0.6 is 0 Å². The molecule has 4 heteroatoms. The van der Waals surface area contributed by atoms with Crippen LogP contribution in [0.15, 0.2) is 36.4 Å². The molecule has 2 aromatic rings. The van der Waals surface area contributed by atoms with Crippen LogP contribution in [0, 0.1) is 24.1 Å². The molecule has 0 aromatic heterocycles. The average Bonchev–Trinajstić information content (AvgIpc) is 2.37. The van der Waals surface area contributed by atoms with Crippen molar-refractivity contribution in [3.63, 3.8) is 0 Å². The molecule has 0 saturated heterocycles. The van der Waals surface area contributed by atoms with Gasteiger partial charge >= 0.3 is 0 Å². The molecule has 0 radical (unpaired) electrons. The van der Waals surface area contributed by atoms with Crippen LogP contribution < -0.4 is 11.1 Å². The highest BCUT2D eigenvalue weighted by molar-refractivity contribution is 5.70. The van der Waals surface area contributed by atoms with Crippen molar-refractivity contribution in [3.8, 4) is 6.07 Å². The molecule has 90 valence electrons. The van der Waals surface area contributed by atoms with Gasteiger partial charge in [0.05, 0.1) is 11.3 Å². The van der Waals surface area contributed by atoms with Gasteiger partial charge in [0.1, 0.15) is 11.9 Å². The number of hydrogen-bond donors (Lipinski definition) is 2. The molecule has 0 amide bonds. The molecule has 0 bridgehead atoms. The lowest BCUT2D eigenvalue weighted by atomic mass is 10.1. The number of nitriles is 1. The van der Waals surface area contributed by atoms with Crippen LogP contribution in [0.2, 0.25) is 0 Å². The van der Waals surface area contributed by atoms with E-state index in [4.69, 9.17) is 11.0 Å². The normalized spacial score (nSPS) is 9.83. The molecule has 0 saturated carbocycles. The summed E-state index contributed by atoms with van der Waals surface area (Å²) in [7, 11) is 0. The molecule has 0 spiro atoms. The summed E-state index contributed by atoms with van der Waals surface area (Å²) in [4.78, 5) is 0. The van der Waals surface area contributed by atoms with Crippen LogP contribution in [0.4, 0.5) is 21.5 Å². The molecule has 0 aliphatic heterocycles. The van der Waals surface area contributed by atoms with Crippen molar-refractivity contribution in [2.75, 3.05) is 11.1 Å². The number of halogens is 1. The quantitative estimate of drug-likeness (QED) is 0.793. The van der Waals surface area contributed by atoms with E-state index in [1.54, 1.807) is 37.3 Å². The van der Waals surface area contributed by atoms with E-state index in [1.165, 1.54) is 6.07 Å². The summed E-state index contributed by atoms with van der Waals surface area (Å²) in [6, 6.07) is 11.8. The third-order valence-electron chi connectivity index (χ3n) is 2.70. The summed E-state index contributed by atoms with van der Waals surface area (Å²) < 4.78 is 13.4. The Bertz CT molecular complexity index is 629. The SMILES string of the molecule is Cc1c(F)cccc1Nc1ccc(N)cc1C#N. The van der Waals surface area contributed by atoms with Gasteiger partial charge in [-0.2, -0.15) is 5.26 Å². The molecule has 0 atom stereocenters. The Morgan fingerprint density at radius 1 is 1.22 bits per heavy atom. The average molecular weight is 241 g/mol. The van der Waals surface area contributed by atoms with Gasteiger partial charge in [-0.05, 0) is 37.3 Å². The number of nitrogens with one attached hydrogen (secondary N) is 1. The number of nitrogens with zero attached hydrogens (tertiary/aromatic N) is 1. The molecular weight excluding hydrogens is 229 g/mol. The summed E-state index contributed by atoms with van der Waals surface area (Å²) in [6.45, 7) is 1.68. The Labute approximate surface area is 105 Å². The second-order valence-electron chi connectivity index (χ2n) is 3.95. The molecule has 18 heavy (non-hydrogen) atoms. The maximum absolute atomic E-state index is 13.4. The largest absolute Gasteiger partial charge is 0.399 e. The first-order valence-electron chi connectivity index (χ1n) is 5.43. The van der Waals surface area contributed by atoms with Gasteiger partial charge in [-0.3, -0.25) is 0 Å². The summed E-state index contributed by atoms with van der Waals surface area (Å²) in [5.41, 5.74) is 8.32. The van der Waals surface area contributed by atoms with Crippen molar-refractivity contribution in [1.82, 2.24) is 0 Å². The number of benzene rings is 2. The van der Waals surface area contributed by atoms with Crippen molar-refractivity contribution >= 4 is 17.1 Å². The lowest BCUT2D eigenvalue weighted by Crippen LogP contribution is -1.98. The monoisotopic (exact) mass is 241 g/mol. The molecule has 0 unspecified atom stereocenters. The van der Waals surface area contributed by atoms with Crippen molar-refractivity contribution in [1.29, 1.82) is 5.26 Å². The predicted molar refractivity (Wildman–Crippen MR) is 70.0 cm³/mol. The third-order valence-corrected chi connectivity index (χ3v) is 2.70. The van der Waals surface area contributed by atoms with Crippen LogP contribution in [0.5, 0.6) is 0 Å². The van der Waals surface area contributed by atoms with Gasteiger partial charge < -0.3 is 11.1 Å². The van der Waals surface area contributed by atoms with E-state index in [1.807, 2.05) is 0 Å². The Hall–Kier alpha value is -2.54. The molecule has 0 heterocycles. The lowest BCUT2D eigenvalue weighted by molar-refractivity contribution is 0.619. The fourth-order valence-corrected chi connectivity index (χ4v) is 1.65. The van der Waals surface area contributed by atoms with E-state index in [2.05, 4.69) is 11.4 Å². The predicted octanol–water partition coefficient (Wildman–Crippen LogP) is 3.33. The van der Waals surface area contributed by atoms with Crippen molar-refractivity contribution in [2.24, 2.45) is 0 Å². The molecule has 3 nitrogen and oxygen atoms in total. The maximum Gasteiger partial charge on any atom is 0.128 e. The first-order valence-corrected chi connectivity index (χ1v) is 5.43. The zero-order chi connectivity index (χ0) is 13.1. The van der Waals surface area contributed by atoms with Crippen LogP contribution in [0.3, 0.4) is 0 Å². The van der Waals surface area contributed by atoms with E-state index < -0.39 is 0 Å². The lowest BCUT2D eigenvalue weighted by Gasteiger charge is -2.11. The van der Waals surface area contributed by atoms with Gasteiger partial charge in [0.2, 0.25) is 0 Å². The second kappa shape index (κ2) is 4.76. The first-order chi connectivity index (χ1) is 8.61. The first kappa shape index (κ1) is 11.9. The molecule has 0 aliphatic carbocycles. The fourth-order valence-electron chi connectivity index (χ4n) is 1.65. The summed E-state index contributed by atoms with van der Waals surface area (Å²) >= 11 is 0. The standard InChI is InChI=1S/C14H12FN3/c1-9-12(15)3-2-4-13(9)18-14-6-5-11(17)7-10(14)8-16/h2-7,18H,17H2,1H3. The Morgan fingerprint density at radius 3 is 2.72 bits per heavy atom. The minimum Gasteiger partial charge on any atom is -0.399 e. The topological polar surface area (TPSA) is 61.8 Å². The second-order valence-corrected chi connectivity index (χ2v) is 3.95. The van der Waals surface area contributed by atoms with Crippen LogP contribution in [-0.2, 0) is 0 Å². The zero-order valence-electron chi connectivity index (χ0n) is 9.87. The maximum atomic E-state index is 13.4. The number of nitrogen functional groups attached to an aromatic ring is 1. The van der Waals surface area contributed by atoms with Gasteiger partial charge in [-0.25, -0.2) is 4.39 Å². The highest BCUT2D eigenvalue weighted by Gasteiger charge is 2.07. The highest BCUT2D eigenvalue weighted by Crippen LogP contribution is 2.25. The Kier molecular flexibility index (Phi) is 3.16. The van der Waals surface area contributed by atoms with Gasteiger partial charge in [-0.1, -0.05) is 6.07 Å². The van der Waals surface area contributed by atoms with Gasteiger partial charge in [0.25, 0.3) is 0 Å². The molecule has 2 aromatic carbocycles. The highest BCUT2D eigenvalue weighted by atomic mass is 19.1. The molecule has 0 aliphatic rings. The number of rotatable bonds is 2. The Morgan fingerprint density at radius 2 is 2.00 bits per heavy atom. The van der Waals surface area contributed by atoms with E-state index in [9.17, 15) is 4.39 Å². The smallest absolute Gasteiger partial charge is 0.128 e. The molecule has 3 N–H and O–H groups in total. The van der Waals surface area contributed by atoms with E-state index in [0.29, 0.717) is 28.2 Å². The van der Waals surface area contributed by atoms with Gasteiger partial charge in [-0.15, -0.1) is 0 Å². The minimum atomic E-state index is -0.283. The third kappa shape index (κ3) is 2.25. The van der Waals surface area contributed by atoms with Gasteiger partial charge in [0.15, 0.2) is 0 Å². The van der Waals surface area contributed by atoms with Crippen molar-refractivity contribution in [3.05, 3.63) is 53.3 Å². The van der Waals surface area contributed by atoms with Crippen LogP contribution in [-0.4, -0.2) is 0 Å². The van der Waals surface area contributed by atoms with Crippen molar-refractivity contribution in [2.45, 2.75) is 6.92 Å². The number of nitrogens with two attached hydrogens (primary N) is 1. The fraction of sp³-hybridized carbons (Fsp3) is 0.0714. The molecular formula is C14H12FN3. The minimum absolute atomic E-state index is 0.283. The van der Waals surface area contributed by atoms with Crippen LogP contribution in [0.1, 0.15) is 11.1 Å². The van der Waals surface area contributed by atoms with Gasteiger partial charge in [0, 0.05) is 16.9 Å². The summed E-state index contributed by atoms with van der Waals surface area (Å²) in [5.74, 6) is -0.283. The zero-order valence-corrected chi connectivity index (χ0v) is 9.87. The number of anilines is 3. The Balaban J connectivity index is 2.41.